The van der Waals surface area contributed by atoms with Crippen LogP contribution in [0.5, 0.6) is 0 Å². The van der Waals surface area contributed by atoms with E-state index in [1.54, 1.807) is 0 Å². The van der Waals surface area contributed by atoms with Gasteiger partial charge in [0.1, 0.15) is 0 Å². The number of aromatic nitrogens is 5. The molecule has 0 amide bonds. The average molecular weight is 473 g/mol. The molecule has 0 unspecified atom stereocenters. The van der Waals surface area contributed by atoms with Crippen molar-refractivity contribution < 1.29 is 4.74 Å². The van der Waals surface area contributed by atoms with Crippen molar-refractivity contribution in [1.82, 2.24) is 30.1 Å². The van der Waals surface area contributed by atoms with Crippen LogP contribution < -0.4 is 5.56 Å². The Morgan fingerprint density at radius 1 is 1.20 bits per heavy atom. The highest BCUT2D eigenvalue weighted by atomic mass is 16.5. The summed E-state index contributed by atoms with van der Waals surface area (Å²) in [4.78, 5) is 18.4. The van der Waals surface area contributed by atoms with Gasteiger partial charge < -0.3 is 9.72 Å². The zero-order valence-electron chi connectivity index (χ0n) is 20.4. The summed E-state index contributed by atoms with van der Waals surface area (Å²) in [6, 6.07) is 18.3. The lowest BCUT2D eigenvalue weighted by atomic mass is 10.1. The van der Waals surface area contributed by atoms with Gasteiger partial charge in [-0.05, 0) is 65.8 Å². The summed E-state index contributed by atoms with van der Waals surface area (Å²) in [6.07, 6.45) is 3.04. The van der Waals surface area contributed by atoms with Gasteiger partial charge in [0.05, 0.1) is 18.7 Å². The second-order valence-corrected chi connectivity index (χ2v) is 9.38. The summed E-state index contributed by atoms with van der Waals surface area (Å²) >= 11 is 0. The fraction of sp³-hybridized carbons (Fsp3) is 0.407. The lowest BCUT2D eigenvalue weighted by molar-refractivity contribution is 0.0489. The molecule has 4 aromatic rings. The molecule has 1 saturated heterocycles. The smallest absolute Gasteiger partial charge is 0.252 e. The molecular weight excluding hydrogens is 440 g/mol. The molecule has 0 aliphatic carbocycles. The van der Waals surface area contributed by atoms with E-state index in [0.29, 0.717) is 13.1 Å². The Hall–Kier alpha value is -3.36. The van der Waals surface area contributed by atoms with Crippen LogP contribution in [0.3, 0.4) is 0 Å². The number of hydrogen-bond donors (Lipinski definition) is 1. The van der Waals surface area contributed by atoms with Crippen molar-refractivity contribution in [1.29, 1.82) is 0 Å². The third kappa shape index (κ3) is 5.33. The Balaban J connectivity index is 1.48. The van der Waals surface area contributed by atoms with Crippen molar-refractivity contribution in [3.8, 4) is 0 Å². The number of fused-ring (bicyclic) bond motifs is 1. The van der Waals surface area contributed by atoms with E-state index in [1.807, 2.05) is 41.1 Å². The second-order valence-electron chi connectivity index (χ2n) is 9.38. The van der Waals surface area contributed by atoms with E-state index in [-0.39, 0.29) is 17.7 Å². The van der Waals surface area contributed by atoms with Crippen LogP contribution in [-0.4, -0.2) is 49.3 Å². The van der Waals surface area contributed by atoms with Crippen molar-refractivity contribution in [2.45, 2.75) is 58.3 Å². The van der Waals surface area contributed by atoms with Crippen LogP contribution in [0.15, 0.2) is 59.4 Å². The molecule has 1 fully saturated rings. The number of pyridine rings is 1. The van der Waals surface area contributed by atoms with E-state index in [9.17, 15) is 4.79 Å². The van der Waals surface area contributed by atoms with Gasteiger partial charge in [-0.3, -0.25) is 9.69 Å². The molecular formula is C27H32N6O2. The van der Waals surface area contributed by atoms with E-state index < -0.39 is 0 Å². The molecule has 5 rings (SSSR count). The van der Waals surface area contributed by atoms with Crippen LogP contribution in [0.25, 0.3) is 10.9 Å². The van der Waals surface area contributed by atoms with Gasteiger partial charge in [-0.1, -0.05) is 48.9 Å². The number of aromatic amines is 1. The first-order chi connectivity index (χ1) is 17.1. The van der Waals surface area contributed by atoms with Crippen LogP contribution in [0.2, 0.25) is 0 Å². The summed E-state index contributed by atoms with van der Waals surface area (Å²) in [7, 11) is 0. The number of ether oxygens (including phenoxy) is 1. The number of hydrogen-bond acceptors (Lipinski definition) is 6. The lowest BCUT2D eigenvalue weighted by Crippen LogP contribution is -2.37. The van der Waals surface area contributed by atoms with Crippen molar-refractivity contribution in [2.24, 2.45) is 0 Å². The third-order valence-electron chi connectivity index (χ3n) is 6.77. The van der Waals surface area contributed by atoms with E-state index >= 15 is 0 Å². The van der Waals surface area contributed by atoms with Crippen LogP contribution >= 0.6 is 0 Å². The number of nitrogens with one attached hydrogen (secondary N) is 1. The quantitative estimate of drug-likeness (QED) is 0.396. The van der Waals surface area contributed by atoms with Gasteiger partial charge in [0.25, 0.3) is 5.56 Å². The van der Waals surface area contributed by atoms with Crippen LogP contribution in [0.1, 0.15) is 54.7 Å². The number of nitrogens with zero attached hydrogens (tertiary/aromatic N) is 5. The van der Waals surface area contributed by atoms with Crippen molar-refractivity contribution in [3.05, 3.63) is 87.5 Å². The first-order valence-corrected chi connectivity index (χ1v) is 12.4. The van der Waals surface area contributed by atoms with E-state index in [0.717, 1.165) is 60.3 Å². The molecule has 0 bridgehead atoms. The highest BCUT2D eigenvalue weighted by Crippen LogP contribution is 2.27. The molecule has 35 heavy (non-hydrogen) atoms. The first-order valence-electron chi connectivity index (χ1n) is 12.4. The van der Waals surface area contributed by atoms with Crippen molar-refractivity contribution in [2.75, 3.05) is 13.2 Å². The van der Waals surface area contributed by atoms with Gasteiger partial charge in [-0.15, -0.1) is 5.10 Å². The molecule has 2 aromatic carbocycles. The summed E-state index contributed by atoms with van der Waals surface area (Å²) in [5.41, 5.74) is 3.84. The molecule has 3 heterocycles. The fourth-order valence-corrected chi connectivity index (χ4v) is 4.98. The minimum absolute atomic E-state index is 0.0504. The molecule has 2 atom stereocenters. The minimum atomic E-state index is -0.0579. The van der Waals surface area contributed by atoms with E-state index in [4.69, 9.17) is 4.74 Å². The SMILES string of the molecule is CC[C@@H](c1nnnn1Cc1ccccc1)N(Cc1cc2cc(C)ccc2[nH]c1=O)C[C@@H]1CCCO1. The molecule has 8 nitrogen and oxygen atoms in total. The molecule has 0 spiro atoms. The number of aryl methyl sites for hydroxylation is 1. The molecule has 1 aliphatic rings. The molecule has 1 N–H and O–H groups in total. The lowest BCUT2D eigenvalue weighted by Gasteiger charge is -2.32. The summed E-state index contributed by atoms with van der Waals surface area (Å²) in [6.45, 7) is 6.81. The molecule has 1 aliphatic heterocycles. The van der Waals surface area contributed by atoms with Gasteiger partial charge >= 0.3 is 0 Å². The molecule has 2 aromatic heterocycles. The van der Waals surface area contributed by atoms with Gasteiger partial charge in [0.2, 0.25) is 0 Å². The van der Waals surface area contributed by atoms with E-state index in [2.05, 4.69) is 57.5 Å². The monoisotopic (exact) mass is 472 g/mol. The highest BCUT2D eigenvalue weighted by Gasteiger charge is 2.29. The number of tetrazole rings is 1. The Morgan fingerprint density at radius 2 is 2.06 bits per heavy atom. The normalized spacial score (nSPS) is 16.8. The van der Waals surface area contributed by atoms with Gasteiger partial charge in [0.15, 0.2) is 5.82 Å². The van der Waals surface area contributed by atoms with Gasteiger partial charge in [-0.25, -0.2) is 4.68 Å². The molecule has 0 radical (unpaired) electrons. The Morgan fingerprint density at radius 3 is 2.83 bits per heavy atom. The predicted octanol–water partition coefficient (Wildman–Crippen LogP) is 4.00. The summed E-state index contributed by atoms with van der Waals surface area (Å²) < 4.78 is 7.86. The van der Waals surface area contributed by atoms with Crippen LogP contribution in [0, 0.1) is 6.92 Å². The summed E-state index contributed by atoms with van der Waals surface area (Å²) in [5.74, 6) is 0.808. The van der Waals surface area contributed by atoms with Crippen LogP contribution in [0.4, 0.5) is 0 Å². The number of benzene rings is 2. The fourth-order valence-electron chi connectivity index (χ4n) is 4.98. The maximum Gasteiger partial charge on any atom is 0.252 e. The maximum absolute atomic E-state index is 13.0. The number of H-pyrrole nitrogens is 1. The topological polar surface area (TPSA) is 88.9 Å². The number of rotatable bonds is 9. The largest absolute Gasteiger partial charge is 0.377 e. The Bertz CT molecular complexity index is 1330. The Labute approximate surface area is 204 Å². The minimum Gasteiger partial charge on any atom is -0.377 e. The molecule has 182 valence electrons. The average Bonchev–Trinajstić information content (AvgIpc) is 3.54. The standard InChI is InChI=1S/C27H32N6O2/c1-3-25(26-29-30-31-33(26)16-20-8-5-4-6-9-20)32(18-23-10-7-13-35-23)17-22-15-21-14-19(2)11-12-24(21)28-27(22)34/h4-6,8-9,11-12,14-15,23,25H,3,7,10,13,16-18H2,1-2H3,(H,28,34)/t23-,25-/m0/s1. The van der Waals surface area contributed by atoms with Crippen LogP contribution in [-0.2, 0) is 17.8 Å². The Kier molecular flexibility index (Phi) is 7.01. The van der Waals surface area contributed by atoms with Crippen molar-refractivity contribution >= 4 is 10.9 Å². The first kappa shape index (κ1) is 23.4. The summed E-state index contributed by atoms with van der Waals surface area (Å²) in [5, 5.41) is 13.8. The third-order valence-corrected chi connectivity index (χ3v) is 6.77. The van der Waals surface area contributed by atoms with Gasteiger partial charge in [-0.2, -0.15) is 0 Å². The molecule has 8 heteroatoms. The highest BCUT2D eigenvalue weighted by molar-refractivity contribution is 5.79. The maximum atomic E-state index is 13.0. The van der Waals surface area contributed by atoms with E-state index in [1.165, 1.54) is 5.56 Å². The second kappa shape index (κ2) is 10.5. The zero-order valence-corrected chi connectivity index (χ0v) is 20.4. The molecule has 0 saturated carbocycles. The zero-order chi connectivity index (χ0) is 24.2. The van der Waals surface area contributed by atoms with Crippen molar-refractivity contribution in [3.63, 3.8) is 0 Å². The van der Waals surface area contributed by atoms with Gasteiger partial charge in [0, 0.05) is 30.8 Å². The predicted molar refractivity (Wildman–Crippen MR) is 135 cm³/mol.